The average molecular weight is 413 g/mol. The molecule has 0 aliphatic heterocycles. The molecule has 7 heteroatoms. The maximum absolute atomic E-state index is 12.5. The average Bonchev–Trinajstić information content (AvgIpc) is 3.28. The zero-order valence-electron chi connectivity index (χ0n) is 16.6. The van der Waals surface area contributed by atoms with E-state index < -0.39 is 0 Å². The van der Waals surface area contributed by atoms with Gasteiger partial charge in [-0.15, -0.1) is 24.8 Å². The molecule has 1 aromatic carbocycles. The standard InChI is InChI=1S/C20H28N4O.2ClH/c1-13-18(11-22-24(13)5)23-19(25)15-8-6-7-14(9-15)16-10-17(16)21-12-20(2,3)4;;/h6-9,11,16-17,21H,10,12H2,1-5H3,(H,23,25);2*1H. The summed E-state index contributed by atoms with van der Waals surface area (Å²) in [7, 11) is 1.86. The fourth-order valence-corrected chi connectivity index (χ4v) is 2.95. The second kappa shape index (κ2) is 9.09. The van der Waals surface area contributed by atoms with Crippen LogP contribution in [0.3, 0.4) is 0 Å². The fraction of sp³-hybridized carbons (Fsp3) is 0.500. The van der Waals surface area contributed by atoms with Gasteiger partial charge in [0.25, 0.3) is 5.91 Å². The Hall–Kier alpha value is -1.56. The summed E-state index contributed by atoms with van der Waals surface area (Å²) in [5.41, 5.74) is 3.92. The molecule has 1 aliphatic carbocycles. The van der Waals surface area contributed by atoms with Gasteiger partial charge in [-0.05, 0) is 36.5 Å². The number of carbonyl (C=O) groups excluding carboxylic acids is 1. The molecule has 0 saturated heterocycles. The van der Waals surface area contributed by atoms with Gasteiger partial charge in [0.1, 0.15) is 0 Å². The Balaban J connectivity index is 0.00000182. The topological polar surface area (TPSA) is 59.0 Å². The van der Waals surface area contributed by atoms with E-state index in [9.17, 15) is 4.79 Å². The van der Waals surface area contributed by atoms with E-state index in [-0.39, 0.29) is 36.1 Å². The van der Waals surface area contributed by atoms with Crippen LogP contribution in [0.4, 0.5) is 5.69 Å². The van der Waals surface area contributed by atoms with Crippen molar-refractivity contribution in [2.75, 3.05) is 11.9 Å². The lowest BCUT2D eigenvalue weighted by Gasteiger charge is -2.18. The van der Waals surface area contributed by atoms with Crippen LogP contribution in [0.1, 0.15) is 54.7 Å². The number of rotatable bonds is 5. The van der Waals surface area contributed by atoms with Crippen LogP contribution < -0.4 is 10.6 Å². The van der Waals surface area contributed by atoms with Gasteiger partial charge in [0.15, 0.2) is 0 Å². The molecule has 5 nitrogen and oxygen atoms in total. The smallest absolute Gasteiger partial charge is 0.255 e. The summed E-state index contributed by atoms with van der Waals surface area (Å²) in [4.78, 5) is 12.5. The first-order chi connectivity index (χ1) is 11.7. The predicted octanol–water partition coefficient (Wildman–Crippen LogP) is 4.32. The first kappa shape index (κ1) is 23.5. The molecule has 27 heavy (non-hydrogen) atoms. The molecule has 2 aromatic rings. The molecule has 2 N–H and O–H groups in total. The minimum absolute atomic E-state index is 0. The van der Waals surface area contributed by atoms with Gasteiger partial charge < -0.3 is 10.6 Å². The number of anilines is 1. The number of aromatic nitrogens is 2. The van der Waals surface area contributed by atoms with Gasteiger partial charge in [-0.3, -0.25) is 9.48 Å². The van der Waals surface area contributed by atoms with E-state index in [0.29, 0.717) is 17.5 Å². The monoisotopic (exact) mass is 412 g/mol. The lowest BCUT2D eigenvalue weighted by Crippen LogP contribution is -2.29. The number of benzene rings is 1. The molecule has 150 valence electrons. The minimum atomic E-state index is -0.0854. The van der Waals surface area contributed by atoms with Crippen molar-refractivity contribution in [3.63, 3.8) is 0 Å². The largest absolute Gasteiger partial charge is 0.319 e. The number of halogens is 2. The Morgan fingerprint density at radius 3 is 2.59 bits per heavy atom. The maximum atomic E-state index is 12.5. The molecular weight excluding hydrogens is 383 g/mol. The van der Waals surface area contributed by atoms with Crippen molar-refractivity contribution in [3.05, 3.63) is 47.3 Å². The number of amides is 1. The molecule has 1 saturated carbocycles. The Morgan fingerprint density at radius 2 is 2.00 bits per heavy atom. The highest BCUT2D eigenvalue weighted by molar-refractivity contribution is 6.04. The molecule has 1 heterocycles. The molecule has 2 atom stereocenters. The van der Waals surface area contributed by atoms with E-state index in [2.05, 4.69) is 42.6 Å². The molecule has 1 amide bonds. The van der Waals surface area contributed by atoms with E-state index in [1.54, 1.807) is 10.9 Å². The molecule has 0 bridgehead atoms. The van der Waals surface area contributed by atoms with Gasteiger partial charge >= 0.3 is 0 Å². The van der Waals surface area contributed by atoms with E-state index in [4.69, 9.17) is 0 Å². The van der Waals surface area contributed by atoms with Gasteiger partial charge in [-0.25, -0.2) is 0 Å². The Bertz CT molecular complexity index is 783. The maximum Gasteiger partial charge on any atom is 0.255 e. The molecule has 0 radical (unpaired) electrons. The van der Waals surface area contributed by atoms with E-state index in [1.807, 2.05) is 32.2 Å². The van der Waals surface area contributed by atoms with Gasteiger partial charge in [0, 0.05) is 31.1 Å². The van der Waals surface area contributed by atoms with E-state index >= 15 is 0 Å². The van der Waals surface area contributed by atoms with Crippen LogP contribution in [0.2, 0.25) is 0 Å². The van der Waals surface area contributed by atoms with Crippen molar-refractivity contribution in [2.45, 2.75) is 46.1 Å². The zero-order valence-corrected chi connectivity index (χ0v) is 18.2. The predicted molar refractivity (Wildman–Crippen MR) is 115 cm³/mol. The highest BCUT2D eigenvalue weighted by Gasteiger charge is 2.38. The summed E-state index contributed by atoms with van der Waals surface area (Å²) < 4.78 is 1.75. The Labute approximate surface area is 174 Å². The van der Waals surface area contributed by atoms with Gasteiger partial charge in [-0.2, -0.15) is 5.10 Å². The second-order valence-electron chi connectivity index (χ2n) is 8.24. The molecule has 2 unspecified atom stereocenters. The summed E-state index contributed by atoms with van der Waals surface area (Å²) in [6.45, 7) is 9.66. The van der Waals surface area contributed by atoms with Crippen molar-refractivity contribution in [3.8, 4) is 0 Å². The van der Waals surface area contributed by atoms with Crippen LogP contribution in [0.15, 0.2) is 30.5 Å². The van der Waals surface area contributed by atoms with E-state index in [1.165, 1.54) is 5.56 Å². The molecule has 1 aliphatic rings. The van der Waals surface area contributed by atoms with Crippen molar-refractivity contribution < 1.29 is 4.79 Å². The van der Waals surface area contributed by atoms with Gasteiger partial charge in [-0.1, -0.05) is 32.9 Å². The van der Waals surface area contributed by atoms with Crippen molar-refractivity contribution >= 4 is 36.4 Å². The Kier molecular flexibility index (Phi) is 7.90. The fourth-order valence-electron chi connectivity index (χ4n) is 2.95. The SMILES string of the molecule is Cc1c(NC(=O)c2cccc(C3CC3NCC(C)(C)C)c2)cnn1C.Cl.Cl. The lowest BCUT2D eigenvalue weighted by molar-refractivity contribution is 0.102. The highest BCUT2D eigenvalue weighted by atomic mass is 35.5. The summed E-state index contributed by atoms with van der Waals surface area (Å²) in [5, 5.41) is 10.7. The molecule has 1 fully saturated rings. The summed E-state index contributed by atoms with van der Waals surface area (Å²) in [5.74, 6) is 0.424. The first-order valence-corrected chi connectivity index (χ1v) is 8.88. The Morgan fingerprint density at radius 1 is 1.30 bits per heavy atom. The van der Waals surface area contributed by atoms with Gasteiger partial charge in [0.05, 0.1) is 17.6 Å². The quantitative estimate of drug-likeness (QED) is 0.768. The van der Waals surface area contributed by atoms with Crippen LogP contribution in [0.25, 0.3) is 0 Å². The number of aryl methyl sites for hydroxylation is 1. The normalized spacial score (nSPS) is 18.3. The minimum Gasteiger partial charge on any atom is -0.319 e. The molecule has 1 aromatic heterocycles. The van der Waals surface area contributed by atoms with Crippen LogP contribution in [-0.2, 0) is 7.05 Å². The number of nitrogens with one attached hydrogen (secondary N) is 2. The number of nitrogens with zero attached hydrogens (tertiary/aromatic N) is 2. The van der Waals surface area contributed by atoms with Gasteiger partial charge in [0.2, 0.25) is 0 Å². The third-order valence-corrected chi connectivity index (χ3v) is 4.75. The first-order valence-electron chi connectivity index (χ1n) is 8.88. The second-order valence-corrected chi connectivity index (χ2v) is 8.24. The van der Waals surface area contributed by atoms with E-state index in [0.717, 1.165) is 24.3 Å². The molecule has 3 rings (SSSR count). The third kappa shape index (κ3) is 5.96. The number of hydrogen-bond acceptors (Lipinski definition) is 3. The van der Waals surface area contributed by atoms with Crippen LogP contribution in [0, 0.1) is 12.3 Å². The van der Waals surface area contributed by atoms with Crippen LogP contribution >= 0.6 is 24.8 Å². The summed E-state index contributed by atoms with van der Waals surface area (Å²) in [6.07, 6.45) is 2.83. The molecule has 0 spiro atoms. The lowest BCUT2D eigenvalue weighted by atomic mass is 9.97. The van der Waals surface area contributed by atoms with Crippen molar-refractivity contribution in [1.82, 2.24) is 15.1 Å². The van der Waals surface area contributed by atoms with Crippen molar-refractivity contribution in [1.29, 1.82) is 0 Å². The van der Waals surface area contributed by atoms with Crippen LogP contribution in [0.5, 0.6) is 0 Å². The molecular formula is C20H30Cl2N4O. The summed E-state index contributed by atoms with van der Waals surface area (Å²) >= 11 is 0. The number of hydrogen-bond donors (Lipinski definition) is 2. The third-order valence-electron chi connectivity index (χ3n) is 4.75. The highest BCUT2D eigenvalue weighted by Crippen LogP contribution is 2.41. The summed E-state index contributed by atoms with van der Waals surface area (Å²) in [6, 6.07) is 8.50. The number of carbonyl (C=O) groups is 1. The van der Waals surface area contributed by atoms with Crippen molar-refractivity contribution in [2.24, 2.45) is 12.5 Å². The van der Waals surface area contributed by atoms with Crippen LogP contribution in [-0.4, -0.2) is 28.3 Å². The zero-order chi connectivity index (χ0) is 18.2.